The molecular weight excluding hydrogens is 182 g/mol. The van der Waals surface area contributed by atoms with Crippen LogP contribution in [0.2, 0.25) is 0 Å². The number of unbranched alkanes of at least 4 members (excludes halogenated alkanes) is 4. The molecule has 0 saturated heterocycles. The SMILES string of the molecule is CCCCCCCc1ccc(C)nc1C. The molecular formula is C14H23N. The number of nitrogens with zero attached hydrogens (tertiary/aromatic N) is 1. The summed E-state index contributed by atoms with van der Waals surface area (Å²) in [4.78, 5) is 4.49. The van der Waals surface area contributed by atoms with Crippen molar-refractivity contribution in [3.8, 4) is 0 Å². The minimum atomic E-state index is 1.13. The lowest BCUT2D eigenvalue weighted by atomic mass is 10.0. The fourth-order valence-corrected chi connectivity index (χ4v) is 1.90. The molecule has 0 aliphatic rings. The van der Waals surface area contributed by atoms with Gasteiger partial charge in [-0.3, -0.25) is 4.98 Å². The van der Waals surface area contributed by atoms with Gasteiger partial charge in [0.1, 0.15) is 0 Å². The number of aromatic nitrogens is 1. The van der Waals surface area contributed by atoms with E-state index < -0.39 is 0 Å². The molecule has 0 spiro atoms. The van der Waals surface area contributed by atoms with Crippen LogP contribution in [0.5, 0.6) is 0 Å². The normalized spacial score (nSPS) is 10.6. The highest BCUT2D eigenvalue weighted by Gasteiger charge is 1.99. The van der Waals surface area contributed by atoms with Crippen LogP contribution in [-0.4, -0.2) is 4.98 Å². The molecule has 0 fully saturated rings. The third-order valence-corrected chi connectivity index (χ3v) is 2.88. The van der Waals surface area contributed by atoms with E-state index in [1.807, 2.05) is 0 Å². The average Bonchev–Trinajstić information content (AvgIpc) is 2.20. The molecule has 84 valence electrons. The predicted octanol–water partition coefficient (Wildman–Crippen LogP) is 4.21. The molecule has 1 aromatic rings. The summed E-state index contributed by atoms with van der Waals surface area (Å²) in [5.74, 6) is 0. The van der Waals surface area contributed by atoms with Crippen molar-refractivity contribution in [1.29, 1.82) is 0 Å². The van der Waals surface area contributed by atoms with Crippen LogP contribution in [0, 0.1) is 13.8 Å². The molecule has 0 aliphatic carbocycles. The molecule has 15 heavy (non-hydrogen) atoms. The van der Waals surface area contributed by atoms with Crippen LogP contribution in [0.25, 0.3) is 0 Å². The number of aryl methyl sites for hydroxylation is 3. The smallest absolute Gasteiger partial charge is 0.0407 e. The van der Waals surface area contributed by atoms with Gasteiger partial charge in [0.15, 0.2) is 0 Å². The van der Waals surface area contributed by atoms with Gasteiger partial charge in [-0.1, -0.05) is 38.7 Å². The molecule has 0 bridgehead atoms. The zero-order chi connectivity index (χ0) is 11.1. The molecule has 0 unspecified atom stereocenters. The summed E-state index contributed by atoms with van der Waals surface area (Å²) in [5.41, 5.74) is 3.77. The van der Waals surface area contributed by atoms with Crippen LogP contribution in [0.15, 0.2) is 12.1 Å². The van der Waals surface area contributed by atoms with Crippen LogP contribution in [-0.2, 0) is 6.42 Å². The quantitative estimate of drug-likeness (QED) is 0.634. The van der Waals surface area contributed by atoms with E-state index >= 15 is 0 Å². The van der Waals surface area contributed by atoms with Crippen molar-refractivity contribution >= 4 is 0 Å². The minimum absolute atomic E-state index is 1.13. The van der Waals surface area contributed by atoms with Crippen molar-refractivity contribution < 1.29 is 0 Å². The molecule has 0 N–H and O–H groups in total. The van der Waals surface area contributed by atoms with Crippen molar-refractivity contribution in [1.82, 2.24) is 4.98 Å². The highest BCUT2D eigenvalue weighted by Crippen LogP contribution is 2.12. The van der Waals surface area contributed by atoms with E-state index in [0.29, 0.717) is 0 Å². The van der Waals surface area contributed by atoms with Gasteiger partial charge in [0, 0.05) is 11.4 Å². The largest absolute Gasteiger partial charge is 0.258 e. The highest BCUT2D eigenvalue weighted by molar-refractivity contribution is 5.21. The van der Waals surface area contributed by atoms with Crippen LogP contribution in [0.4, 0.5) is 0 Å². The number of hydrogen-bond acceptors (Lipinski definition) is 1. The van der Waals surface area contributed by atoms with E-state index in [-0.39, 0.29) is 0 Å². The van der Waals surface area contributed by atoms with E-state index in [2.05, 4.69) is 37.9 Å². The summed E-state index contributed by atoms with van der Waals surface area (Å²) in [6.45, 7) is 6.43. The summed E-state index contributed by atoms with van der Waals surface area (Å²) in [5, 5.41) is 0. The van der Waals surface area contributed by atoms with Gasteiger partial charge in [0.2, 0.25) is 0 Å². The molecule has 0 atom stereocenters. The lowest BCUT2D eigenvalue weighted by Gasteiger charge is -2.05. The third kappa shape index (κ3) is 4.46. The second-order valence-electron chi connectivity index (χ2n) is 4.36. The van der Waals surface area contributed by atoms with Gasteiger partial charge >= 0.3 is 0 Å². The summed E-state index contributed by atoms with van der Waals surface area (Å²) in [7, 11) is 0. The summed E-state index contributed by atoms with van der Waals surface area (Å²) < 4.78 is 0. The molecule has 1 heteroatoms. The molecule has 1 aromatic heterocycles. The van der Waals surface area contributed by atoms with Crippen molar-refractivity contribution in [2.45, 2.75) is 59.3 Å². The Labute approximate surface area is 93.9 Å². The average molecular weight is 205 g/mol. The van der Waals surface area contributed by atoms with Crippen LogP contribution >= 0.6 is 0 Å². The Kier molecular flexibility index (Phi) is 5.38. The second-order valence-corrected chi connectivity index (χ2v) is 4.36. The molecule has 0 aromatic carbocycles. The molecule has 1 nitrogen and oxygen atoms in total. The van der Waals surface area contributed by atoms with Gasteiger partial charge in [-0.15, -0.1) is 0 Å². The Morgan fingerprint density at radius 1 is 1.00 bits per heavy atom. The first kappa shape index (κ1) is 12.2. The fraction of sp³-hybridized carbons (Fsp3) is 0.643. The standard InChI is InChI=1S/C14H23N/c1-4-5-6-7-8-9-14-11-10-12(2)15-13(14)3/h10-11H,4-9H2,1-3H3. The first-order valence-electron chi connectivity index (χ1n) is 6.17. The maximum absolute atomic E-state index is 4.49. The maximum atomic E-state index is 4.49. The molecule has 0 amide bonds. The van der Waals surface area contributed by atoms with E-state index in [1.54, 1.807) is 0 Å². The van der Waals surface area contributed by atoms with E-state index in [0.717, 1.165) is 5.69 Å². The Hall–Kier alpha value is -0.850. The zero-order valence-corrected chi connectivity index (χ0v) is 10.3. The fourth-order valence-electron chi connectivity index (χ4n) is 1.90. The number of hydrogen-bond donors (Lipinski definition) is 0. The van der Waals surface area contributed by atoms with Crippen LogP contribution in [0.3, 0.4) is 0 Å². The topological polar surface area (TPSA) is 12.9 Å². The van der Waals surface area contributed by atoms with Crippen molar-refractivity contribution in [3.05, 3.63) is 29.1 Å². The zero-order valence-electron chi connectivity index (χ0n) is 10.3. The van der Waals surface area contributed by atoms with Gasteiger partial charge < -0.3 is 0 Å². The monoisotopic (exact) mass is 205 g/mol. The van der Waals surface area contributed by atoms with Crippen molar-refractivity contribution in [2.24, 2.45) is 0 Å². The van der Waals surface area contributed by atoms with E-state index in [4.69, 9.17) is 0 Å². The minimum Gasteiger partial charge on any atom is -0.258 e. The van der Waals surface area contributed by atoms with Gasteiger partial charge in [-0.25, -0.2) is 0 Å². The van der Waals surface area contributed by atoms with Gasteiger partial charge in [0.05, 0.1) is 0 Å². The molecule has 1 rings (SSSR count). The van der Waals surface area contributed by atoms with Crippen molar-refractivity contribution in [3.63, 3.8) is 0 Å². The van der Waals surface area contributed by atoms with E-state index in [1.165, 1.54) is 49.8 Å². The lowest BCUT2D eigenvalue weighted by Crippen LogP contribution is -1.94. The third-order valence-electron chi connectivity index (χ3n) is 2.88. The van der Waals surface area contributed by atoms with Gasteiger partial charge in [0.25, 0.3) is 0 Å². The Morgan fingerprint density at radius 2 is 1.73 bits per heavy atom. The summed E-state index contributed by atoms with van der Waals surface area (Å²) in [6, 6.07) is 4.35. The summed E-state index contributed by atoms with van der Waals surface area (Å²) in [6.07, 6.45) is 7.96. The molecule has 1 heterocycles. The van der Waals surface area contributed by atoms with Crippen LogP contribution in [0.1, 0.15) is 56.0 Å². The number of rotatable bonds is 6. The second kappa shape index (κ2) is 6.60. The lowest BCUT2D eigenvalue weighted by molar-refractivity contribution is 0.630. The van der Waals surface area contributed by atoms with Gasteiger partial charge in [-0.2, -0.15) is 0 Å². The highest BCUT2D eigenvalue weighted by atomic mass is 14.7. The first-order valence-corrected chi connectivity index (χ1v) is 6.17. The molecule has 0 aliphatic heterocycles. The molecule has 0 saturated carbocycles. The Balaban J connectivity index is 2.31. The predicted molar refractivity (Wildman–Crippen MR) is 66.2 cm³/mol. The maximum Gasteiger partial charge on any atom is 0.0407 e. The van der Waals surface area contributed by atoms with Crippen LogP contribution < -0.4 is 0 Å². The Morgan fingerprint density at radius 3 is 2.40 bits per heavy atom. The number of pyridine rings is 1. The van der Waals surface area contributed by atoms with Gasteiger partial charge in [-0.05, 0) is 38.3 Å². The Bertz CT molecular complexity index is 291. The van der Waals surface area contributed by atoms with E-state index in [9.17, 15) is 0 Å². The first-order chi connectivity index (χ1) is 7.24. The molecule has 0 radical (unpaired) electrons. The van der Waals surface area contributed by atoms with Crippen molar-refractivity contribution in [2.75, 3.05) is 0 Å². The summed E-state index contributed by atoms with van der Waals surface area (Å²) >= 11 is 0.